The first-order valence-electron chi connectivity index (χ1n) is 6.15. The van der Waals surface area contributed by atoms with Crippen LogP contribution in [0.5, 0.6) is 0 Å². The Bertz CT molecular complexity index is 389. The summed E-state index contributed by atoms with van der Waals surface area (Å²) in [6.45, 7) is 5.85. The largest absolute Gasteiger partial charge is 0.354 e. The zero-order valence-electron chi connectivity index (χ0n) is 10.5. The summed E-state index contributed by atoms with van der Waals surface area (Å²) in [7, 11) is 0. The summed E-state index contributed by atoms with van der Waals surface area (Å²) in [6.07, 6.45) is 4.46. The van der Waals surface area contributed by atoms with Gasteiger partial charge in [-0.2, -0.15) is 0 Å². The Labute approximate surface area is 102 Å². The number of nitrogens with one attached hydrogen (secondary N) is 1. The predicted octanol–water partition coefficient (Wildman–Crippen LogP) is 1.34. The summed E-state index contributed by atoms with van der Waals surface area (Å²) in [5, 5.41) is 3.22. The summed E-state index contributed by atoms with van der Waals surface area (Å²) in [5.74, 6) is 0. The first kappa shape index (κ1) is 12.3. The van der Waals surface area contributed by atoms with Crippen molar-refractivity contribution in [2.45, 2.75) is 45.0 Å². The quantitative estimate of drug-likeness (QED) is 0.785. The van der Waals surface area contributed by atoms with Crippen LogP contribution >= 0.6 is 0 Å². The lowest BCUT2D eigenvalue weighted by Gasteiger charge is -2.22. The molecule has 2 atom stereocenters. The van der Waals surface area contributed by atoms with Crippen LogP contribution in [0.4, 0.5) is 0 Å². The predicted molar refractivity (Wildman–Crippen MR) is 65.8 cm³/mol. The zero-order chi connectivity index (χ0) is 12.3. The zero-order valence-corrected chi connectivity index (χ0v) is 10.5. The Kier molecular flexibility index (Phi) is 3.64. The van der Waals surface area contributed by atoms with Crippen LogP contribution in [0, 0.1) is 0 Å². The van der Waals surface area contributed by atoms with Crippen LogP contribution in [0.25, 0.3) is 0 Å². The molecular formula is C13H20N2O2. The number of aldehydes is 1. The third-order valence-corrected chi connectivity index (χ3v) is 3.39. The number of hydrogen-bond donors (Lipinski definition) is 1. The van der Waals surface area contributed by atoms with E-state index in [0.717, 1.165) is 25.7 Å². The number of ether oxygens (including phenoxy) is 1. The number of aromatic nitrogens is 1. The van der Waals surface area contributed by atoms with E-state index >= 15 is 0 Å². The minimum atomic E-state index is -0.432. The van der Waals surface area contributed by atoms with Gasteiger partial charge in [-0.05, 0) is 38.8 Å². The van der Waals surface area contributed by atoms with E-state index in [-0.39, 0.29) is 5.54 Å². The Hall–Kier alpha value is -1.13. The molecule has 2 heterocycles. The van der Waals surface area contributed by atoms with Crippen LogP contribution in [0.15, 0.2) is 18.3 Å². The van der Waals surface area contributed by atoms with E-state index in [4.69, 9.17) is 4.74 Å². The van der Waals surface area contributed by atoms with Gasteiger partial charge >= 0.3 is 0 Å². The molecule has 4 heteroatoms. The highest BCUT2D eigenvalue weighted by atomic mass is 16.5. The van der Waals surface area contributed by atoms with Crippen molar-refractivity contribution in [2.75, 3.05) is 6.61 Å². The van der Waals surface area contributed by atoms with E-state index < -0.39 is 6.23 Å². The third-order valence-electron chi connectivity index (χ3n) is 3.39. The fourth-order valence-electron chi connectivity index (χ4n) is 2.31. The van der Waals surface area contributed by atoms with Crippen molar-refractivity contribution in [1.29, 1.82) is 0 Å². The van der Waals surface area contributed by atoms with Gasteiger partial charge in [0.2, 0.25) is 0 Å². The molecule has 1 N–H and O–H groups in total. The average Bonchev–Trinajstić information content (AvgIpc) is 2.93. The minimum Gasteiger partial charge on any atom is -0.354 e. The molecule has 1 aliphatic rings. The van der Waals surface area contributed by atoms with Crippen LogP contribution < -0.4 is 5.32 Å². The van der Waals surface area contributed by atoms with Crippen molar-refractivity contribution in [2.24, 2.45) is 0 Å². The van der Waals surface area contributed by atoms with E-state index in [1.165, 1.54) is 5.69 Å². The lowest BCUT2D eigenvalue weighted by atomic mass is 9.96. The Morgan fingerprint density at radius 2 is 2.53 bits per heavy atom. The number of aryl methyl sites for hydroxylation is 2. The molecule has 17 heavy (non-hydrogen) atoms. The third kappa shape index (κ3) is 2.76. The molecule has 0 spiro atoms. The van der Waals surface area contributed by atoms with Gasteiger partial charge in [0.25, 0.3) is 0 Å². The van der Waals surface area contributed by atoms with Crippen molar-refractivity contribution >= 4 is 6.29 Å². The lowest BCUT2D eigenvalue weighted by molar-refractivity contribution is -0.116. The van der Waals surface area contributed by atoms with Crippen LogP contribution in [0.1, 0.15) is 26.0 Å². The molecule has 0 radical (unpaired) electrons. The molecular weight excluding hydrogens is 216 g/mol. The maximum atomic E-state index is 10.6. The second-order valence-electron chi connectivity index (χ2n) is 4.86. The standard InChI is InChI=1S/C13H20N2O2/c1-3-15-8-4-5-11(15)6-7-13(2)10-17-12(9-16)14-13/h4-5,8-9,12,14H,3,6-7,10H2,1-2H3/t12?,13-/m1/s1. The number of nitrogens with zero attached hydrogens (tertiary/aromatic N) is 1. The van der Waals surface area contributed by atoms with Crippen molar-refractivity contribution < 1.29 is 9.53 Å². The molecule has 1 fully saturated rings. The Morgan fingerprint density at radius 3 is 3.18 bits per heavy atom. The topological polar surface area (TPSA) is 43.3 Å². The van der Waals surface area contributed by atoms with Gasteiger partial charge in [0.15, 0.2) is 12.5 Å². The van der Waals surface area contributed by atoms with E-state index in [0.29, 0.717) is 6.61 Å². The van der Waals surface area contributed by atoms with Crippen molar-refractivity contribution in [1.82, 2.24) is 9.88 Å². The Balaban J connectivity index is 1.92. The molecule has 1 aromatic heterocycles. The Morgan fingerprint density at radius 1 is 1.71 bits per heavy atom. The molecule has 0 aromatic carbocycles. The molecule has 2 rings (SSSR count). The van der Waals surface area contributed by atoms with Crippen molar-refractivity contribution in [3.8, 4) is 0 Å². The molecule has 1 saturated heterocycles. The van der Waals surface area contributed by atoms with Gasteiger partial charge in [0.1, 0.15) is 0 Å². The van der Waals surface area contributed by atoms with E-state index in [2.05, 4.69) is 42.1 Å². The molecule has 1 unspecified atom stereocenters. The van der Waals surface area contributed by atoms with E-state index in [1.54, 1.807) is 0 Å². The average molecular weight is 236 g/mol. The van der Waals surface area contributed by atoms with Crippen molar-refractivity contribution in [3.63, 3.8) is 0 Å². The summed E-state index contributed by atoms with van der Waals surface area (Å²) >= 11 is 0. The van der Waals surface area contributed by atoms with Crippen LogP contribution in [-0.4, -0.2) is 29.2 Å². The number of hydrogen-bond acceptors (Lipinski definition) is 3. The molecule has 0 aliphatic carbocycles. The normalized spacial score (nSPS) is 28.5. The molecule has 0 saturated carbocycles. The summed E-state index contributed by atoms with van der Waals surface area (Å²) in [5.41, 5.74) is 1.25. The van der Waals surface area contributed by atoms with Gasteiger partial charge in [-0.3, -0.25) is 10.1 Å². The number of carbonyl (C=O) groups is 1. The molecule has 1 aromatic rings. The first-order chi connectivity index (χ1) is 8.17. The number of carbonyl (C=O) groups excluding carboxylic acids is 1. The maximum Gasteiger partial charge on any atom is 0.165 e. The van der Waals surface area contributed by atoms with Crippen LogP contribution in [0.3, 0.4) is 0 Å². The number of rotatable bonds is 5. The summed E-state index contributed by atoms with van der Waals surface area (Å²) in [6, 6.07) is 4.23. The smallest absolute Gasteiger partial charge is 0.165 e. The highest BCUT2D eigenvalue weighted by Crippen LogP contribution is 2.21. The highest BCUT2D eigenvalue weighted by Gasteiger charge is 2.34. The first-order valence-corrected chi connectivity index (χ1v) is 6.15. The van der Waals surface area contributed by atoms with Gasteiger partial charge in [0.05, 0.1) is 6.61 Å². The fraction of sp³-hybridized carbons (Fsp3) is 0.615. The molecule has 0 amide bonds. The summed E-state index contributed by atoms with van der Waals surface area (Å²) < 4.78 is 7.60. The van der Waals surface area contributed by atoms with E-state index in [9.17, 15) is 4.79 Å². The minimum absolute atomic E-state index is 0.0889. The molecule has 94 valence electrons. The highest BCUT2D eigenvalue weighted by molar-refractivity contribution is 5.56. The second kappa shape index (κ2) is 5.02. The van der Waals surface area contributed by atoms with Gasteiger partial charge in [-0.1, -0.05) is 0 Å². The fourth-order valence-corrected chi connectivity index (χ4v) is 2.31. The van der Waals surface area contributed by atoms with E-state index in [1.807, 2.05) is 0 Å². The van der Waals surface area contributed by atoms with Gasteiger partial charge in [-0.15, -0.1) is 0 Å². The van der Waals surface area contributed by atoms with Gasteiger partial charge in [-0.25, -0.2) is 0 Å². The van der Waals surface area contributed by atoms with Crippen LogP contribution in [0.2, 0.25) is 0 Å². The lowest BCUT2D eigenvalue weighted by Crippen LogP contribution is -2.43. The SMILES string of the molecule is CCn1cccc1CC[C@]1(C)COC(C=O)N1. The van der Waals surface area contributed by atoms with Gasteiger partial charge < -0.3 is 9.30 Å². The second-order valence-corrected chi connectivity index (χ2v) is 4.86. The molecule has 1 aliphatic heterocycles. The maximum absolute atomic E-state index is 10.6. The molecule has 4 nitrogen and oxygen atoms in total. The summed E-state index contributed by atoms with van der Waals surface area (Å²) in [4.78, 5) is 10.6. The monoisotopic (exact) mass is 236 g/mol. The van der Waals surface area contributed by atoms with Gasteiger partial charge in [0, 0.05) is 24.0 Å². The molecule has 0 bridgehead atoms. The van der Waals surface area contributed by atoms with Crippen LogP contribution in [-0.2, 0) is 22.5 Å². The van der Waals surface area contributed by atoms with Crippen molar-refractivity contribution in [3.05, 3.63) is 24.0 Å².